The van der Waals surface area contributed by atoms with Crippen molar-refractivity contribution < 1.29 is 60.0 Å². The quantitative estimate of drug-likeness (QED) is 0.0603. The number of hydrogen-bond acceptors (Lipinski definition) is 8. The van der Waals surface area contributed by atoms with Crippen molar-refractivity contribution in [1.82, 2.24) is 0 Å². The average molecular weight is 1300 g/mol. The van der Waals surface area contributed by atoms with Gasteiger partial charge in [-0.1, -0.05) is 144 Å². The van der Waals surface area contributed by atoms with Crippen molar-refractivity contribution in [3.8, 4) is 0 Å². The van der Waals surface area contributed by atoms with Crippen LogP contribution >= 0.6 is 52.0 Å². The molecule has 1 N–H and O–H groups in total. The van der Waals surface area contributed by atoms with Crippen LogP contribution in [-0.2, 0) is 32.2 Å². The van der Waals surface area contributed by atoms with Crippen LogP contribution in [0.15, 0.2) is 135 Å². The number of nitrogens with zero attached hydrogens (tertiary/aromatic N) is 4. The second-order valence-electron chi connectivity index (χ2n) is 15.4. The zero-order chi connectivity index (χ0) is 55.8. The topological polar surface area (TPSA) is 86.7 Å². The Morgan fingerprint density at radius 3 is 0.987 bits per heavy atom. The number of aliphatic hydroxyl groups is 1. The predicted octanol–water partition coefficient (Wildman–Crippen LogP) is 20.1. The molecule has 0 aliphatic carbocycles. The molecule has 0 atom stereocenters. The number of aryl methyl sites for hydroxylation is 8. The van der Waals surface area contributed by atoms with E-state index in [0.29, 0.717) is 7.18 Å². The fraction of sp³-hybridized carbons (Fsp3) is 0.351. The van der Waals surface area contributed by atoms with Gasteiger partial charge in [0, 0.05) is 52.4 Å². The van der Waals surface area contributed by atoms with Crippen molar-refractivity contribution in [1.29, 1.82) is 0 Å². The van der Waals surface area contributed by atoms with Gasteiger partial charge < -0.3 is 5.11 Å². The van der Waals surface area contributed by atoms with Crippen LogP contribution in [-0.4, -0.2) is 58.9 Å². The van der Waals surface area contributed by atoms with Gasteiger partial charge >= 0.3 is 39.3 Å². The van der Waals surface area contributed by atoms with Crippen LogP contribution in [0.3, 0.4) is 0 Å². The van der Waals surface area contributed by atoms with Crippen molar-refractivity contribution in [2.45, 2.75) is 118 Å². The van der Waals surface area contributed by atoms with E-state index in [1.54, 1.807) is 0 Å². The summed E-state index contributed by atoms with van der Waals surface area (Å²) in [6.07, 6.45) is 2.42. The molecular formula is C57H78BBr2F5N4Ni2O2S2. The Bertz CT molecular complexity index is 2270. The van der Waals surface area contributed by atoms with Crippen LogP contribution < -0.4 is 5.46 Å². The first kappa shape index (κ1) is 82.7. The fourth-order valence-electron chi connectivity index (χ4n) is 5.94. The zero-order valence-electron chi connectivity index (χ0n) is 44.3. The standard InChI is InChI=1S/C20H22N2S2.C20H24N2.C6H5B.C5H8O2.C3H8.CH3F.2CH4.2BrH.2F2.2Ni/c1-13-7-5-8-14(2)17(13)21-19-20(24-12-11-23-19)22-18-15(3)9-6-10-16(18)4;1-13-9-7-10-14(2)19(13)21-17(5)18(6)22-20-15(3)11-8-12-16(20)4;7-6-4-2-1-3-5-6;1-4(6)3-5(2)7;1-3-2;1-2;;;;;2*1-2;;/h5-10H,11-12H2,1-4H3;7-12H,1-6H3;1-5H;3,6H,1-2H3;3H2,1-2H3;1H3;2*1H4;2*1H;;;;/q;;;;;;;;;;;;;+2/p-2. The molecule has 18 heteroatoms. The molecule has 422 valence electrons. The Morgan fingerprint density at radius 1 is 0.560 bits per heavy atom. The van der Waals surface area contributed by atoms with Gasteiger partial charge in [-0.25, -0.2) is 9.98 Å². The summed E-state index contributed by atoms with van der Waals surface area (Å²) < 4.78 is 41.5. The van der Waals surface area contributed by atoms with E-state index in [1.165, 1.54) is 81.7 Å². The second-order valence-corrected chi connectivity index (χ2v) is 22.6. The predicted molar refractivity (Wildman–Crippen MR) is 326 cm³/mol. The summed E-state index contributed by atoms with van der Waals surface area (Å²) in [7, 11) is 7.11. The Labute approximate surface area is 487 Å². The maximum atomic E-state index is 10.0. The van der Waals surface area contributed by atoms with Crippen molar-refractivity contribution in [2.24, 2.45) is 20.0 Å². The number of thioether (sulfide) groups is 2. The van der Waals surface area contributed by atoms with Crippen LogP contribution in [0, 0.1) is 55.4 Å². The van der Waals surface area contributed by atoms with Gasteiger partial charge in [0.05, 0.1) is 47.1 Å². The molecule has 1 heterocycles. The SMILES string of the molecule is C.C.CC(=Nc1c(C)cccc1C)C(C)=Nc1c(C)cccc1C.CC(=O)C=C(C)O.CCC.CF.Cc1cccc(C)c1N=C1SCCSC1=Nc1c(C)cccc1C.FF.FF.[B]c1ccccc1.[Br][Ni][Br].[Ni]. The van der Waals surface area contributed by atoms with Gasteiger partial charge in [0.15, 0.2) is 5.78 Å². The molecule has 0 amide bonds. The van der Waals surface area contributed by atoms with Gasteiger partial charge in [0.2, 0.25) is 0 Å². The maximum Gasteiger partial charge on any atom is 0 e. The Morgan fingerprint density at radius 2 is 0.800 bits per heavy atom. The van der Waals surface area contributed by atoms with E-state index in [4.69, 9.17) is 51.2 Å². The number of aliphatic hydroxyl groups excluding tert-OH is 1. The molecule has 0 unspecified atom stereocenters. The summed E-state index contributed by atoms with van der Waals surface area (Å²) in [5, 5.41) is 10.5. The Kier molecular flexibility index (Phi) is 56.4. The summed E-state index contributed by atoms with van der Waals surface area (Å²) in [5.74, 6) is 2.10. The summed E-state index contributed by atoms with van der Waals surface area (Å²) >= 11 is 9.63. The first-order valence-electron chi connectivity index (χ1n) is 22.3. The largest absolute Gasteiger partial charge is 0 e. The molecule has 1 fully saturated rings. The minimum absolute atomic E-state index is 0. The van der Waals surface area contributed by atoms with E-state index >= 15 is 0 Å². The smallest absolute Gasteiger partial charge is 0 e. The number of alkyl halides is 1. The minimum atomic E-state index is -0.125. The molecular weight excluding hydrogens is 1220 g/mol. The number of allylic oxidation sites excluding steroid dienone is 2. The van der Waals surface area contributed by atoms with Gasteiger partial charge in [0.25, 0.3) is 0 Å². The molecule has 0 aromatic heterocycles. The summed E-state index contributed by atoms with van der Waals surface area (Å²) in [4.78, 5) is 29.6. The fourth-order valence-corrected chi connectivity index (χ4v) is 7.99. The van der Waals surface area contributed by atoms with Gasteiger partial charge in [-0.2, -0.15) is 0 Å². The first-order chi connectivity index (χ1) is 34.3. The molecule has 0 saturated carbocycles. The van der Waals surface area contributed by atoms with Crippen LogP contribution in [0.1, 0.15) is 107 Å². The van der Waals surface area contributed by atoms with Crippen LogP contribution in [0.25, 0.3) is 0 Å². The van der Waals surface area contributed by atoms with Gasteiger partial charge in [0.1, 0.15) is 17.9 Å². The molecule has 6 nitrogen and oxygen atoms in total. The molecule has 0 spiro atoms. The number of carbonyl (C=O) groups excluding carboxylic acids is 1. The second kappa shape index (κ2) is 51.1. The molecule has 1 saturated heterocycles. The van der Waals surface area contributed by atoms with E-state index in [-0.39, 0.29) is 42.9 Å². The minimum Gasteiger partial charge on any atom is 0 e. The van der Waals surface area contributed by atoms with Crippen molar-refractivity contribution in [3.05, 3.63) is 159 Å². The zero-order valence-corrected chi connectivity index (χ0v) is 51.1. The van der Waals surface area contributed by atoms with Gasteiger partial charge in [-0.3, -0.25) is 19.2 Å². The van der Waals surface area contributed by atoms with Crippen molar-refractivity contribution >= 4 is 115 Å². The molecule has 2 radical (unpaired) electrons. The molecule has 1 aliphatic rings. The first-order valence-corrected chi connectivity index (χ1v) is 29.1. The number of benzene rings is 5. The Balaban J connectivity index is -0.000000212. The number of hydrogen-bond donors (Lipinski definition) is 1. The third-order valence-corrected chi connectivity index (χ3v) is 11.5. The van der Waals surface area contributed by atoms with Crippen LogP contribution in [0.5, 0.6) is 0 Å². The monoisotopic (exact) mass is 1290 g/mol. The summed E-state index contributed by atoms with van der Waals surface area (Å²) in [6.45, 7) is 28.0. The molecule has 6 rings (SSSR count). The average Bonchev–Trinajstić information content (AvgIpc) is 3.34. The molecule has 75 heavy (non-hydrogen) atoms. The third kappa shape index (κ3) is 36.2. The molecule has 5 aromatic carbocycles. The third-order valence-electron chi connectivity index (χ3n) is 9.22. The van der Waals surface area contributed by atoms with Gasteiger partial charge in [-0.05, 0) is 128 Å². The van der Waals surface area contributed by atoms with Gasteiger partial charge in [-0.15, -0.1) is 23.5 Å². The van der Waals surface area contributed by atoms with E-state index in [1.807, 2.05) is 67.7 Å². The number of rotatable bonds is 6. The number of para-hydroxylation sites is 4. The number of aliphatic imine (C=N–C) groups is 4. The number of halogens is 7. The Hall–Kier alpha value is -3.65. The molecule has 0 bridgehead atoms. The number of ketones is 1. The molecule has 1 aliphatic heterocycles. The van der Waals surface area contributed by atoms with E-state index < -0.39 is 0 Å². The number of carbonyl (C=O) groups is 1. The van der Waals surface area contributed by atoms with Crippen molar-refractivity contribution in [3.63, 3.8) is 0 Å². The normalized spacial score (nSPS) is 12.2. The maximum absolute atomic E-state index is 10.0. The van der Waals surface area contributed by atoms with Crippen LogP contribution in [0.2, 0.25) is 0 Å². The van der Waals surface area contributed by atoms with E-state index in [2.05, 4.69) is 170 Å². The van der Waals surface area contributed by atoms with E-state index in [0.717, 1.165) is 61.2 Å². The summed E-state index contributed by atoms with van der Waals surface area (Å²) in [6, 6.07) is 34.7. The summed E-state index contributed by atoms with van der Waals surface area (Å²) in [5.41, 5.74) is 16.6. The molecule has 5 aromatic rings. The van der Waals surface area contributed by atoms with Crippen LogP contribution in [0.4, 0.5) is 45.4 Å². The van der Waals surface area contributed by atoms with E-state index in [9.17, 15) is 9.18 Å². The van der Waals surface area contributed by atoms with Crippen molar-refractivity contribution in [2.75, 3.05) is 18.7 Å².